The second kappa shape index (κ2) is 15.7. The average Bonchev–Trinajstić information content (AvgIpc) is 3.73. The van der Waals surface area contributed by atoms with E-state index in [4.69, 9.17) is 0 Å². The molecule has 0 amide bonds. The molecule has 0 fully saturated rings. The van der Waals surface area contributed by atoms with Crippen LogP contribution in [0.5, 0.6) is 0 Å². The summed E-state index contributed by atoms with van der Waals surface area (Å²) in [5.41, 5.74) is 8.08. The average molecular weight is 827 g/mol. The van der Waals surface area contributed by atoms with Gasteiger partial charge in [0, 0.05) is 0 Å². The first kappa shape index (κ1) is 36.9. The van der Waals surface area contributed by atoms with Gasteiger partial charge in [-0.05, 0) is 24.0 Å². The maximum atomic E-state index is 2.50. The van der Waals surface area contributed by atoms with Crippen molar-refractivity contribution in [1.29, 1.82) is 0 Å². The molecule has 8 aromatic rings. The molecule has 0 saturated carbocycles. The molecule has 0 heterocycles. The van der Waals surface area contributed by atoms with Crippen molar-refractivity contribution in [3.63, 3.8) is 0 Å². The van der Waals surface area contributed by atoms with Crippen molar-refractivity contribution in [1.82, 2.24) is 0 Å². The molecule has 0 bridgehead atoms. The second-order valence-corrected chi connectivity index (χ2v) is 16.2. The molecule has 0 aliphatic heterocycles. The van der Waals surface area contributed by atoms with Crippen LogP contribution >= 0.6 is 0 Å². The van der Waals surface area contributed by atoms with Crippen LogP contribution in [0.1, 0.15) is 25.0 Å². The predicted octanol–water partition coefficient (Wildman–Crippen LogP) is 10.2. The van der Waals surface area contributed by atoms with E-state index in [1.54, 1.807) is 0 Å². The molecule has 244 valence electrons. The maximum absolute atomic E-state index is 2.98. The molecule has 0 saturated heterocycles. The fraction of sp³-hybridized carbons (Fsp3) is 0.0833. The van der Waals surface area contributed by atoms with Gasteiger partial charge in [0.15, 0.2) is 0 Å². The van der Waals surface area contributed by atoms with Gasteiger partial charge < -0.3 is 14.9 Å². The van der Waals surface area contributed by atoms with Crippen LogP contribution in [0.25, 0.3) is 43.8 Å². The molecule has 0 radical (unpaired) electrons. The third-order valence-corrected chi connectivity index (χ3v) is 15.1. The van der Waals surface area contributed by atoms with E-state index in [-0.39, 0.29) is 40.7 Å². The normalized spacial score (nSPS) is 11.1. The molecule has 8 aromatic carbocycles. The van der Waals surface area contributed by atoms with Gasteiger partial charge in [0.2, 0.25) is 0 Å². The first-order valence-corrected chi connectivity index (χ1v) is 18.9. The predicted molar refractivity (Wildman–Crippen MR) is 219 cm³/mol. The fourth-order valence-electron chi connectivity index (χ4n) is 8.16. The molecule has 0 unspecified atom stereocenters. The molecule has 2 heteroatoms. The Bertz CT molecular complexity index is 2130. The Morgan fingerprint density at radius 3 is 1.10 bits per heavy atom. The third kappa shape index (κ3) is 5.93. The zero-order valence-corrected chi connectivity index (χ0v) is 34.2. The molecule has 8 rings (SSSR count). The van der Waals surface area contributed by atoms with Crippen LogP contribution in [-0.4, -0.2) is 8.07 Å². The van der Waals surface area contributed by atoms with Gasteiger partial charge in [0.25, 0.3) is 0 Å². The van der Waals surface area contributed by atoms with Crippen molar-refractivity contribution in [2.75, 3.05) is 0 Å². The van der Waals surface area contributed by atoms with Gasteiger partial charge >= 0.3 is 25.8 Å². The minimum atomic E-state index is -2.98. The Labute approximate surface area is 319 Å². The summed E-state index contributed by atoms with van der Waals surface area (Å²) in [7, 11) is -2.98. The van der Waals surface area contributed by atoms with Gasteiger partial charge in [-0.1, -0.05) is 169 Å². The van der Waals surface area contributed by atoms with E-state index in [0.29, 0.717) is 0 Å². The van der Waals surface area contributed by atoms with Crippen LogP contribution in [0.4, 0.5) is 0 Å². The third-order valence-electron chi connectivity index (χ3n) is 10.1. The van der Waals surface area contributed by atoms with Crippen molar-refractivity contribution >= 4 is 50.4 Å². The molecule has 0 spiro atoms. The summed E-state index contributed by atoms with van der Waals surface area (Å²) >= 11 is 0. The van der Waals surface area contributed by atoms with Gasteiger partial charge in [-0.25, -0.2) is 0 Å². The standard InChI is InChI=1S/C46H38Si.2CH3.Hf/c1-3-33-31-37-23-17-29-41(35-19-9-5-10-20-35)43(37)45(33)47(39-25-13-7-14-26-39,40-27-15-8-16-28-40)46-34(4-2)32-38-24-18-30-42(44(38)46)36-21-11-6-12-22-36;;;/h5-32H,3-4H2,1-2H3;2*1H3;/q-2;2*-1;+4. The Hall–Kier alpha value is -4.37. The molecule has 0 N–H and O–H groups in total. The number of rotatable bonds is 8. The quantitative estimate of drug-likeness (QED) is 0.106. The number of aryl methyl sites for hydroxylation is 2. The first-order valence-electron chi connectivity index (χ1n) is 16.9. The van der Waals surface area contributed by atoms with Gasteiger partial charge in [0.1, 0.15) is 0 Å². The smallest absolute Gasteiger partial charge is 0.358 e. The molecule has 0 aromatic heterocycles. The summed E-state index contributed by atoms with van der Waals surface area (Å²) in [4.78, 5) is 0. The van der Waals surface area contributed by atoms with Crippen molar-refractivity contribution in [3.05, 3.63) is 196 Å². The van der Waals surface area contributed by atoms with E-state index >= 15 is 0 Å². The largest absolute Gasteiger partial charge is 4.00 e. The second-order valence-electron chi connectivity index (χ2n) is 12.5. The molecular formula is C48H44HfSi. The Kier molecular flexibility index (Phi) is 11.6. The molecule has 0 aliphatic carbocycles. The minimum absolute atomic E-state index is 0. The van der Waals surface area contributed by atoms with E-state index in [1.165, 1.54) is 75.7 Å². The van der Waals surface area contributed by atoms with E-state index in [2.05, 4.69) is 184 Å². The van der Waals surface area contributed by atoms with Crippen LogP contribution in [0.15, 0.2) is 170 Å². The van der Waals surface area contributed by atoms with Crippen LogP contribution in [0.3, 0.4) is 0 Å². The van der Waals surface area contributed by atoms with Crippen molar-refractivity contribution in [2.24, 2.45) is 0 Å². The van der Waals surface area contributed by atoms with Crippen LogP contribution in [-0.2, 0) is 38.7 Å². The zero-order chi connectivity index (χ0) is 31.8. The maximum Gasteiger partial charge on any atom is 4.00 e. The van der Waals surface area contributed by atoms with Crippen LogP contribution < -0.4 is 20.7 Å². The van der Waals surface area contributed by atoms with E-state index in [0.717, 1.165) is 12.8 Å². The van der Waals surface area contributed by atoms with Crippen molar-refractivity contribution < 1.29 is 25.8 Å². The first-order chi connectivity index (χ1) is 23.3. The molecule has 0 atom stereocenters. The number of fused-ring (bicyclic) bond motifs is 2. The SMILES string of the molecule is CCc1[cH-]c2cccc(-c3ccccc3)c2c1[Si](c1ccccc1)(c1ccccc1)c1c(CC)[cH-]c2cccc(-c3ccccc3)c12.[CH3-].[CH3-].[Hf+4]. The van der Waals surface area contributed by atoms with Crippen molar-refractivity contribution in [2.45, 2.75) is 26.7 Å². The van der Waals surface area contributed by atoms with Gasteiger partial charge in [-0.2, -0.15) is 0 Å². The number of benzene rings is 6. The fourth-order valence-corrected chi connectivity index (χ4v) is 14.0. The molecule has 0 aliphatic rings. The molecule has 50 heavy (non-hydrogen) atoms. The zero-order valence-electron chi connectivity index (χ0n) is 29.6. The van der Waals surface area contributed by atoms with Crippen molar-refractivity contribution in [3.8, 4) is 22.3 Å². The monoisotopic (exact) mass is 828 g/mol. The van der Waals surface area contributed by atoms with Crippen LogP contribution in [0.2, 0.25) is 0 Å². The summed E-state index contributed by atoms with van der Waals surface area (Å²) in [6.45, 7) is 4.68. The van der Waals surface area contributed by atoms with Gasteiger partial charge in [-0.15, -0.1) is 79.4 Å². The summed E-state index contributed by atoms with van der Waals surface area (Å²) < 4.78 is 0. The Balaban J connectivity index is 0.00000162. The number of hydrogen-bond donors (Lipinski definition) is 0. The summed E-state index contributed by atoms with van der Waals surface area (Å²) in [6, 6.07) is 63.9. The summed E-state index contributed by atoms with van der Waals surface area (Å²) in [5, 5.41) is 11.4. The summed E-state index contributed by atoms with van der Waals surface area (Å²) in [6.07, 6.45) is 1.94. The number of hydrogen-bond acceptors (Lipinski definition) is 0. The Morgan fingerprint density at radius 2 is 0.760 bits per heavy atom. The molecule has 0 nitrogen and oxygen atoms in total. The minimum Gasteiger partial charge on any atom is -0.358 e. The van der Waals surface area contributed by atoms with Crippen LogP contribution in [0, 0.1) is 14.9 Å². The van der Waals surface area contributed by atoms with E-state index in [9.17, 15) is 0 Å². The van der Waals surface area contributed by atoms with Gasteiger partial charge in [0.05, 0.1) is 8.07 Å². The topological polar surface area (TPSA) is 0 Å². The van der Waals surface area contributed by atoms with Gasteiger partial charge in [-0.3, -0.25) is 0 Å². The molecular weight excluding hydrogens is 783 g/mol. The van der Waals surface area contributed by atoms with E-state index in [1.807, 2.05) is 0 Å². The summed E-state index contributed by atoms with van der Waals surface area (Å²) in [5.74, 6) is 0. The Morgan fingerprint density at radius 1 is 0.420 bits per heavy atom. The van der Waals surface area contributed by atoms with E-state index < -0.39 is 8.07 Å².